The summed E-state index contributed by atoms with van der Waals surface area (Å²) in [5.41, 5.74) is 1.89. The Labute approximate surface area is 132 Å². The van der Waals surface area contributed by atoms with E-state index in [0.29, 0.717) is 6.42 Å². The molecule has 0 aromatic heterocycles. The van der Waals surface area contributed by atoms with Crippen LogP contribution in [0.1, 0.15) is 51.2 Å². The summed E-state index contributed by atoms with van der Waals surface area (Å²) < 4.78 is 0. The van der Waals surface area contributed by atoms with E-state index in [-0.39, 0.29) is 22.5 Å². The summed E-state index contributed by atoms with van der Waals surface area (Å²) in [6.45, 7) is 10.3. The summed E-state index contributed by atoms with van der Waals surface area (Å²) >= 11 is 0. The Balaban J connectivity index is 1.94. The maximum atomic E-state index is 13.1. The van der Waals surface area contributed by atoms with E-state index < -0.39 is 5.41 Å². The average molecular weight is 299 g/mol. The maximum absolute atomic E-state index is 13.1. The van der Waals surface area contributed by atoms with Gasteiger partial charge in [-0.1, -0.05) is 38.5 Å². The molecule has 0 aliphatic heterocycles. The molecule has 3 heteroatoms. The normalized spacial score (nSPS) is 32.3. The number of ketones is 1. The highest BCUT2D eigenvalue weighted by atomic mass is 16.2. The molecule has 1 N–H and O–H groups in total. The lowest BCUT2D eigenvalue weighted by molar-refractivity contribution is -0.131. The van der Waals surface area contributed by atoms with Crippen molar-refractivity contribution in [3.05, 3.63) is 29.3 Å². The van der Waals surface area contributed by atoms with Crippen molar-refractivity contribution < 1.29 is 9.59 Å². The fourth-order valence-electron chi connectivity index (χ4n) is 4.56. The molecule has 2 fully saturated rings. The lowest BCUT2D eigenvalue weighted by Gasteiger charge is -2.38. The molecule has 22 heavy (non-hydrogen) atoms. The van der Waals surface area contributed by atoms with Crippen LogP contribution in [-0.4, -0.2) is 11.7 Å². The lowest BCUT2D eigenvalue weighted by atomic mass is 9.64. The molecule has 118 valence electrons. The summed E-state index contributed by atoms with van der Waals surface area (Å²) in [5.74, 6) is 0.263. The van der Waals surface area contributed by atoms with Crippen LogP contribution < -0.4 is 5.32 Å². The second-order valence-electron chi connectivity index (χ2n) is 7.91. The standard InChI is InChI=1S/C19H25NO2/c1-12-6-7-14(13(2)10-12)20-16(22)19-9-8-18(5,15(21)11-19)17(19,3)4/h6-7,10H,8-9,11H2,1-5H3,(H,20,22)/t18-,19-/m1/s1. The van der Waals surface area contributed by atoms with Crippen molar-refractivity contribution in [1.29, 1.82) is 0 Å². The minimum absolute atomic E-state index is 0.0130. The first-order valence-electron chi connectivity index (χ1n) is 8.06. The monoisotopic (exact) mass is 299 g/mol. The summed E-state index contributed by atoms with van der Waals surface area (Å²) in [6, 6.07) is 6.03. The van der Waals surface area contributed by atoms with E-state index >= 15 is 0 Å². The zero-order valence-electron chi connectivity index (χ0n) is 14.2. The quantitative estimate of drug-likeness (QED) is 0.896. The number of hydrogen-bond acceptors (Lipinski definition) is 2. The average Bonchev–Trinajstić information content (AvgIpc) is 2.72. The van der Waals surface area contributed by atoms with Gasteiger partial charge in [0.05, 0.1) is 5.41 Å². The molecule has 0 radical (unpaired) electrons. The van der Waals surface area contributed by atoms with Gasteiger partial charge in [-0.25, -0.2) is 0 Å². The lowest BCUT2D eigenvalue weighted by Crippen LogP contribution is -2.43. The zero-order valence-corrected chi connectivity index (χ0v) is 14.2. The first-order chi connectivity index (χ1) is 10.1. The van der Waals surface area contributed by atoms with Crippen molar-refractivity contribution >= 4 is 17.4 Å². The molecule has 1 aromatic rings. The van der Waals surface area contributed by atoms with E-state index in [4.69, 9.17) is 0 Å². The number of Topliss-reactive ketones (excluding diaryl/α,β-unsaturated/α-hetero) is 1. The number of carbonyl (C=O) groups excluding carboxylic acids is 2. The highest BCUT2D eigenvalue weighted by Gasteiger charge is 2.72. The molecule has 2 aliphatic rings. The summed E-state index contributed by atoms with van der Waals surface area (Å²) in [6.07, 6.45) is 2.01. The van der Waals surface area contributed by atoms with Gasteiger partial charge in [0.25, 0.3) is 0 Å². The van der Waals surface area contributed by atoms with E-state index in [0.717, 1.165) is 24.1 Å². The SMILES string of the molecule is Cc1ccc(NC(=O)[C@@]23CC[C@](C)(C(=O)C2)C3(C)C)c(C)c1. The second kappa shape index (κ2) is 4.43. The third-order valence-electron chi connectivity index (χ3n) is 6.77. The van der Waals surface area contributed by atoms with Crippen molar-refractivity contribution in [2.45, 2.75) is 53.9 Å². The van der Waals surface area contributed by atoms with Gasteiger partial charge in [0.2, 0.25) is 5.91 Å². The number of hydrogen-bond donors (Lipinski definition) is 1. The van der Waals surface area contributed by atoms with Gasteiger partial charge in [0.15, 0.2) is 0 Å². The van der Waals surface area contributed by atoms with Crippen LogP contribution in [0.3, 0.4) is 0 Å². The Morgan fingerprint density at radius 2 is 1.82 bits per heavy atom. The fourth-order valence-corrected chi connectivity index (χ4v) is 4.56. The van der Waals surface area contributed by atoms with Crippen LogP contribution in [0.5, 0.6) is 0 Å². The van der Waals surface area contributed by atoms with Crippen molar-refractivity contribution in [1.82, 2.24) is 0 Å². The fraction of sp³-hybridized carbons (Fsp3) is 0.579. The van der Waals surface area contributed by atoms with Gasteiger partial charge >= 0.3 is 0 Å². The molecule has 2 bridgehead atoms. The van der Waals surface area contributed by atoms with Gasteiger partial charge < -0.3 is 5.32 Å². The van der Waals surface area contributed by atoms with Crippen LogP contribution in [-0.2, 0) is 9.59 Å². The van der Waals surface area contributed by atoms with Crippen LogP contribution in [0.15, 0.2) is 18.2 Å². The maximum Gasteiger partial charge on any atom is 0.231 e. The van der Waals surface area contributed by atoms with E-state index in [1.165, 1.54) is 5.56 Å². The molecule has 0 unspecified atom stereocenters. The summed E-state index contributed by atoms with van der Waals surface area (Å²) in [5, 5.41) is 3.10. The van der Waals surface area contributed by atoms with Gasteiger partial charge in [-0.15, -0.1) is 0 Å². The van der Waals surface area contributed by atoms with Crippen molar-refractivity contribution in [2.24, 2.45) is 16.2 Å². The molecule has 0 saturated heterocycles. The zero-order chi connectivity index (χ0) is 16.3. The number of fused-ring (bicyclic) bond motifs is 2. The number of amides is 1. The first kappa shape index (κ1) is 15.3. The number of anilines is 1. The Bertz CT molecular complexity index is 676. The number of carbonyl (C=O) groups is 2. The Kier molecular flexibility index (Phi) is 3.08. The van der Waals surface area contributed by atoms with Gasteiger partial charge in [-0.3, -0.25) is 9.59 Å². The molecule has 3 rings (SSSR count). The first-order valence-corrected chi connectivity index (χ1v) is 8.06. The van der Waals surface area contributed by atoms with Gasteiger partial charge in [-0.2, -0.15) is 0 Å². The predicted octanol–water partition coefficient (Wildman–Crippen LogP) is 4.03. The number of benzene rings is 1. The minimum Gasteiger partial charge on any atom is -0.325 e. The van der Waals surface area contributed by atoms with Crippen molar-refractivity contribution in [3.8, 4) is 0 Å². The highest BCUT2D eigenvalue weighted by molar-refractivity contribution is 6.04. The predicted molar refractivity (Wildman–Crippen MR) is 87.7 cm³/mol. The molecule has 1 amide bonds. The topological polar surface area (TPSA) is 46.2 Å². The van der Waals surface area contributed by atoms with Gasteiger partial charge in [-0.05, 0) is 43.7 Å². The summed E-state index contributed by atoms with van der Waals surface area (Å²) in [7, 11) is 0. The largest absolute Gasteiger partial charge is 0.325 e. The summed E-state index contributed by atoms with van der Waals surface area (Å²) in [4.78, 5) is 25.5. The van der Waals surface area contributed by atoms with Crippen molar-refractivity contribution in [3.63, 3.8) is 0 Å². The van der Waals surface area contributed by atoms with Crippen LogP contribution in [0.4, 0.5) is 5.69 Å². The third kappa shape index (κ3) is 1.68. The third-order valence-corrected chi connectivity index (χ3v) is 6.77. The second-order valence-corrected chi connectivity index (χ2v) is 7.91. The van der Waals surface area contributed by atoms with Crippen LogP contribution in [0.25, 0.3) is 0 Å². The smallest absolute Gasteiger partial charge is 0.231 e. The molecule has 0 spiro atoms. The molecule has 2 aliphatic carbocycles. The van der Waals surface area contributed by atoms with Gasteiger partial charge in [0, 0.05) is 17.5 Å². The van der Waals surface area contributed by atoms with E-state index in [1.807, 2.05) is 32.9 Å². The molecule has 0 heterocycles. The molecule has 1 aromatic carbocycles. The van der Waals surface area contributed by atoms with Gasteiger partial charge in [0.1, 0.15) is 5.78 Å². The van der Waals surface area contributed by atoms with Crippen LogP contribution in [0.2, 0.25) is 0 Å². The molecule has 2 atom stereocenters. The Hall–Kier alpha value is -1.64. The van der Waals surface area contributed by atoms with Crippen molar-refractivity contribution in [2.75, 3.05) is 5.32 Å². The highest BCUT2D eigenvalue weighted by Crippen LogP contribution is 2.70. The number of rotatable bonds is 2. The Morgan fingerprint density at radius 3 is 2.32 bits per heavy atom. The van der Waals surface area contributed by atoms with E-state index in [1.54, 1.807) is 0 Å². The van der Waals surface area contributed by atoms with E-state index in [9.17, 15) is 9.59 Å². The number of aryl methyl sites for hydroxylation is 2. The van der Waals surface area contributed by atoms with Crippen LogP contribution >= 0.6 is 0 Å². The molecule has 3 nitrogen and oxygen atoms in total. The van der Waals surface area contributed by atoms with Crippen LogP contribution in [0, 0.1) is 30.1 Å². The molecular formula is C19H25NO2. The molecule has 2 saturated carbocycles. The Morgan fingerprint density at radius 1 is 1.14 bits per heavy atom. The molecular weight excluding hydrogens is 274 g/mol. The van der Waals surface area contributed by atoms with E-state index in [2.05, 4.69) is 25.2 Å². The number of nitrogens with one attached hydrogen (secondary N) is 1. The minimum atomic E-state index is -0.559.